The van der Waals surface area contributed by atoms with Crippen LogP contribution in [0.15, 0.2) is 0 Å². The van der Waals surface area contributed by atoms with Crippen molar-refractivity contribution in [1.29, 1.82) is 0 Å². The molecule has 1 aliphatic heterocycles. The first-order valence-electron chi connectivity index (χ1n) is 2.41. The Morgan fingerprint density at radius 2 is 1.57 bits per heavy atom. The van der Waals surface area contributed by atoms with Crippen LogP contribution >= 0.6 is 12.9 Å². The third-order valence-electron chi connectivity index (χ3n) is 0.957. The van der Waals surface area contributed by atoms with E-state index in [1.54, 1.807) is 0 Å². The van der Waals surface area contributed by atoms with Crippen LogP contribution in [0.3, 0.4) is 0 Å². The van der Waals surface area contributed by atoms with Gasteiger partial charge in [-0.1, -0.05) is 0 Å². The lowest BCUT2D eigenvalue weighted by atomic mass is 10.4. The maximum atomic E-state index is 6.69. The molecular weight excluding hydrogens is 110 g/mol. The Bertz CT molecular complexity index is 23.3. The standard InChI is InChI=1S/C4H9N.H2OS/c1-2-4-5-3-1;1-2/h5H,1-4H2;1-2H. The second kappa shape index (κ2) is 6.27. The summed E-state index contributed by atoms with van der Waals surface area (Å²) in [7, 11) is 0. The van der Waals surface area contributed by atoms with Crippen LogP contribution < -0.4 is 5.32 Å². The predicted molar refractivity (Wildman–Crippen MR) is 33.7 cm³/mol. The molecular formula is C4H11NOS. The van der Waals surface area contributed by atoms with Crippen molar-refractivity contribution in [2.75, 3.05) is 13.1 Å². The molecule has 3 heteroatoms. The lowest BCUT2D eigenvalue weighted by molar-refractivity contribution is 0.679. The second-order valence-corrected chi connectivity index (χ2v) is 1.46. The van der Waals surface area contributed by atoms with Crippen molar-refractivity contribution in [3.63, 3.8) is 0 Å². The molecule has 2 nitrogen and oxygen atoms in total. The van der Waals surface area contributed by atoms with E-state index in [-0.39, 0.29) is 0 Å². The zero-order valence-corrected chi connectivity index (χ0v) is 5.12. The average Bonchev–Trinajstić information content (AvgIpc) is 2.23. The van der Waals surface area contributed by atoms with E-state index in [9.17, 15) is 0 Å². The fourth-order valence-electron chi connectivity index (χ4n) is 0.625. The zero-order valence-electron chi connectivity index (χ0n) is 4.22. The lowest BCUT2D eigenvalue weighted by Gasteiger charge is -1.76. The van der Waals surface area contributed by atoms with E-state index < -0.39 is 0 Å². The highest BCUT2D eigenvalue weighted by Crippen LogP contribution is 1.90. The van der Waals surface area contributed by atoms with Crippen LogP contribution in [0.4, 0.5) is 0 Å². The summed E-state index contributed by atoms with van der Waals surface area (Å²) >= 11 is 2.53. The number of hydrogen-bond donors (Lipinski definition) is 3. The molecule has 0 amide bonds. The molecule has 0 atom stereocenters. The summed E-state index contributed by atoms with van der Waals surface area (Å²) in [6, 6.07) is 0. The smallest absolute Gasteiger partial charge is 0.00484 e. The Kier molecular flexibility index (Phi) is 6.51. The second-order valence-electron chi connectivity index (χ2n) is 1.46. The molecule has 0 bridgehead atoms. The summed E-state index contributed by atoms with van der Waals surface area (Å²) < 4.78 is 6.69. The van der Waals surface area contributed by atoms with E-state index in [4.69, 9.17) is 4.55 Å². The molecule has 0 aliphatic carbocycles. The van der Waals surface area contributed by atoms with Gasteiger partial charge in [-0.2, -0.15) is 0 Å². The molecule has 0 aromatic carbocycles. The van der Waals surface area contributed by atoms with E-state index in [1.165, 1.54) is 25.9 Å². The lowest BCUT2D eigenvalue weighted by Crippen LogP contribution is -2.03. The van der Waals surface area contributed by atoms with Crippen LogP contribution in [-0.2, 0) is 0 Å². The molecule has 44 valence electrons. The molecule has 0 radical (unpaired) electrons. The zero-order chi connectivity index (χ0) is 5.54. The van der Waals surface area contributed by atoms with Gasteiger partial charge in [-0.25, -0.2) is 0 Å². The van der Waals surface area contributed by atoms with Gasteiger partial charge < -0.3 is 9.87 Å². The van der Waals surface area contributed by atoms with E-state index in [1.807, 2.05) is 0 Å². The minimum atomic E-state index is 1.25. The molecule has 1 aliphatic rings. The number of rotatable bonds is 0. The van der Waals surface area contributed by atoms with E-state index in [2.05, 4.69) is 18.2 Å². The van der Waals surface area contributed by atoms with Gasteiger partial charge in [0.05, 0.1) is 0 Å². The molecule has 1 heterocycles. The van der Waals surface area contributed by atoms with E-state index in [0.29, 0.717) is 0 Å². The predicted octanol–water partition coefficient (Wildman–Crippen LogP) is 0.759. The number of hydrogen-bond acceptors (Lipinski definition) is 3. The molecule has 1 saturated heterocycles. The van der Waals surface area contributed by atoms with Crippen molar-refractivity contribution < 1.29 is 4.55 Å². The summed E-state index contributed by atoms with van der Waals surface area (Å²) in [5, 5.41) is 3.22. The van der Waals surface area contributed by atoms with E-state index in [0.717, 1.165) is 0 Å². The SMILES string of the molecule is C1CCNC1.OS. The highest BCUT2D eigenvalue weighted by atomic mass is 32.1. The van der Waals surface area contributed by atoms with Gasteiger partial charge in [0.15, 0.2) is 0 Å². The average molecular weight is 121 g/mol. The minimum absolute atomic E-state index is 1.25. The molecule has 2 N–H and O–H groups in total. The molecule has 1 fully saturated rings. The molecule has 0 unspecified atom stereocenters. The summed E-state index contributed by atoms with van der Waals surface area (Å²) in [4.78, 5) is 0. The van der Waals surface area contributed by atoms with Crippen molar-refractivity contribution in [2.45, 2.75) is 12.8 Å². The van der Waals surface area contributed by atoms with Crippen molar-refractivity contribution in [3.05, 3.63) is 0 Å². The topological polar surface area (TPSA) is 32.3 Å². The number of nitrogens with one attached hydrogen (secondary N) is 1. The number of thiol groups is 1. The first-order valence-corrected chi connectivity index (χ1v) is 2.81. The summed E-state index contributed by atoms with van der Waals surface area (Å²) in [5.74, 6) is 0. The van der Waals surface area contributed by atoms with Crippen molar-refractivity contribution >= 4 is 12.9 Å². The summed E-state index contributed by atoms with van der Waals surface area (Å²) in [6.45, 7) is 2.50. The fraction of sp³-hybridized carbons (Fsp3) is 1.00. The monoisotopic (exact) mass is 121 g/mol. The van der Waals surface area contributed by atoms with Gasteiger partial charge >= 0.3 is 0 Å². The Hall–Kier alpha value is 0.270. The van der Waals surface area contributed by atoms with Crippen LogP contribution in [0.1, 0.15) is 12.8 Å². The quantitative estimate of drug-likeness (QED) is 0.326. The van der Waals surface area contributed by atoms with Crippen LogP contribution in [0.25, 0.3) is 0 Å². The van der Waals surface area contributed by atoms with Gasteiger partial charge in [-0.05, 0) is 38.8 Å². The summed E-state index contributed by atoms with van der Waals surface area (Å²) in [6.07, 6.45) is 2.78. The highest BCUT2D eigenvalue weighted by Gasteiger charge is 1.93. The maximum absolute atomic E-state index is 6.69. The van der Waals surface area contributed by atoms with E-state index >= 15 is 0 Å². The van der Waals surface area contributed by atoms with Crippen molar-refractivity contribution in [1.82, 2.24) is 5.32 Å². The van der Waals surface area contributed by atoms with Crippen LogP contribution in [0, 0.1) is 0 Å². The van der Waals surface area contributed by atoms with Gasteiger partial charge in [-0.3, -0.25) is 0 Å². The Morgan fingerprint density at radius 1 is 1.14 bits per heavy atom. The van der Waals surface area contributed by atoms with Crippen LogP contribution in [0.2, 0.25) is 0 Å². The van der Waals surface area contributed by atoms with Gasteiger partial charge in [0.1, 0.15) is 0 Å². The molecule has 0 aromatic heterocycles. The van der Waals surface area contributed by atoms with Gasteiger partial charge in [0.25, 0.3) is 0 Å². The fourth-order valence-corrected chi connectivity index (χ4v) is 0.625. The first-order chi connectivity index (χ1) is 3.50. The highest BCUT2D eigenvalue weighted by molar-refractivity contribution is 7.74. The van der Waals surface area contributed by atoms with Crippen molar-refractivity contribution in [3.8, 4) is 0 Å². The minimum Gasteiger partial charge on any atom is -0.333 e. The Balaban J connectivity index is 0.000000162. The Labute approximate surface area is 49.5 Å². The molecule has 0 aromatic rings. The third-order valence-corrected chi connectivity index (χ3v) is 0.957. The molecule has 0 saturated carbocycles. The van der Waals surface area contributed by atoms with Gasteiger partial charge in [0, 0.05) is 0 Å². The Morgan fingerprint density at radius 3 is 1.71 bits per heavy atom. The van der Waals surface area contributed by atoms with Gasteiger partial charge in [0.2, 0.25) is 0 Å². The molecule has 1 rings (SSSR count). The van der Waals surface area contributed by atoms with Crippen LogP contribution in [0.5, 0.6) is 0 Å². The maximum Gasteiger partial charge on any atom is -0.00484 e. The normalized spacial score (nSPS) is 18.0. The molecule has 0 spiro atoms. The first kappa shape index (κ1) is 7.27. The third kappa shape index (κ3) is 4.12. The summed E-state index contributed by atoms with van der Waals surface area (Å²) in [5.41, 5.74) is 0. The largest absolute Gasteiger partial charge is 0.333 e. The van der Waals surface area contributed by atoms with Crippen LogP contribution in [-0.4, -0.2) is 17.6 Å². The van der Waals surface area contributed by atoms with Crippen molar-refractivity contribution in [2.24, 2.45) is 0 Å². The van der Waals surface area contributed by atoms with Gasteiger partial charge in [-0.15, -0.1) is 0 Å². The molecule has 7 heavy (non-hydrogen) atoms.